The van der Waals surface area contributed by atoms with Gasteiger partial charge in [0, 0.05) is 24.6 Å². The molecule has 29 heavy (non-hydrogen) atoms. The van der Waals surface area contributed by atoms with Gasteiger partial charge in [-0.15, -0.1) is 10.2 Å². The summed E-state index contributed by atoms with van der Waals surface area (Å²) >= 11 is 1.54. The number of aryl methyl sites for hydroxylation is 2. The number of nitrogens with zero attached hydrogens (tertiary/aromatic N) is 6. The highest BCUT2D eigenvalue weighted by molar-refractivity contribution is 7.98. The van der Waals surface area contributed by atoms with E-state index in [9.17, 15) is 10.1 Å². The second-order valence-corrected chi connectivity index (χ2v) is 7.96. The first-order valence-electron chi connectivity index (χ1n) is 9.47. The zero-order chi connectivity index (χ0) is 20.4. The Kier molecular flexibility index (Phi) is 5.36. The van der Waals surface area contributed by atoms with Gasteiger partial charge in [0.1, 0.15) is 11.9 Å². The summed E-state index contributed by atoms with van der Waals surface area (Å²) in [5.74, 6) is 0.992. The third kappa shape index (κ3) is 4.03. The van der Waals surface area contributed by atoms with Crippen molar-refractivity contribution in [2.24, 2.45) is 5.73 Å². The predicted octanol–water partition coefficient (Wildman–Crippen LogP) is 2.69. The number of nitriles is 1. The third-order valence-electron chi connectivity index (χ3n) is 4.85. The molecule has 9 heteroatoms. The summed E-state index contributed by atoms with van der Waals surface area (Å²) in [6.45, 7) is 1.85. The molecule has 0 spiro atoms. The summed E-state index contributed by atoms with van der Waals surface area (Å²) in [7, 11) is 0. The van der Waals surface area contributed by atoms with E-state index in [1.807, 2.05) is 41.9 Å². The highest BCUT2D eigenvalue weighted by Gasteiger charge is 2.30. The molecule has 0 bridgehead atoms. The van der Waals surface area contributed by atoms with Crippen LogP contribution in [0.25, 0.3) is 5.69 Å². The maximum Gasteiger partial charge on any atom is 0.217 e. The van der Waals surface area contributed by atoms with Crippen molar-refractivity contribution in [2.75, 3.05) is 0 Å². The average Bonchev–Trinajstić information content (AvgIpc) is 3.39. The van der Waals surface area contributed by atoms with Gasteiger partial charge in [-0.1, -0.05) is 30.0 Å². The standard InChI is InChI=1S/C20H21N7OS/c1-13-16(11-21)17(27(25-13)15-5-3-2-4-6-15)12-29-20-24-23-19(10-9-18(22)28)26(20)14-7-8-14/h2-6,14H,7-10,12H2,1H3,(H2,22,28). The number of amides is 1. The minimum Gasteiger partial charge on any atom is -0.370 e. The van der Waals surface area contributed by atoms with E-state index in [1.54, 1.807) is 0 Å². The number of para-hydroxylation sites is 1. The maximum atomic E-state index is 11.2. The van der Waals surface area contributed by atoms with Crippen LogP contribution in [0.1, 0.15) is 48.1 Å². The lowest BCUT2D eigenvalue weighted by Gasteiger charge is -2.10. The molecule has 0 radical (unpaired) electrons. The number of nitrogens with two attached hydrogens (primary N) is 1. The number of hydrogen-bond acceptors (Lipinski definition) is 6. The normalized spacial score (nSPS) is 13.4. The van der Waals surface area contributed by atoms with Crippen molar-refractivity contribution in [1.82, 2.24) is 24.5 Å². The van der Waals surface area contributed by atoms with Crippen molar-refractivity contribution in [2.45, 2.75) is 49.6 Å². The molecule has 1 saturated carbocycles. The monoisotopic (exact) mass is 407 g/mol. The molecular weight excluding hydrogens is 386 g/mol. The number of aromatic nitrogens is 5. The second kappa shape index (κ2) is 8.09. The van der Waals surface area contributed by atoms with Crippen LogP contribution >= 0.6 is 11.8 Å². The highest BCUT2D eigenvalue weighted by atomic mass is 32.2. The van der Waals surface area contributed by atoms with E-state index in [0.717, 1.165) is 35.2 Å². The first-order chi connectivity index (χ1) is 14.1. The van der Waals surface area contributed by atoms with Crippen LogP contribution in [0.4, 0.5) is 0 Å². The maximum absolute atomic E-state index is 11.2. The molecule has 1 aliphatic carbocycles. The molecule has 0 saturated heterocycles. The molecule has 2 aromatic heterocycles. The Morgan fingerprint density at radius 1 is 1.31 bits per heavy atom. The molecule has 3 aromatic rings. The molecular formula is C20H21N7OS. The SMILES string of the molecule is Cc1nn(-c2ccccc2)c(CSc2nnc(CCC(N)=O)n2C2CC2)c1C#N. The summed E-state index contributed by atoms with van der Waals surface area (Å²) in [5.41, 5.74) is 8.34. The van der Waals surface area contributed by atoms with E-state index in [-0.39, 0.29) is 12.3 Å². The first-order valence-corrected chi connectivity index (χ1v) is 10.5. The number of primary amides is 1. The van der Waals surface area contributed by atoms with Crippen molar-refractivity contribution in [3.05, 3.63) is 53.1 Å². The van der Waals surface area contributed by atoms with Crippen LogP contribution in [0.2, 0.25) is 0 Å². The molecule has 148 valence electrons. The molecule has 2 heterocycles. The fourth-order valence-corrected chi connectivity index (χ4v) is 4.30. The molecule has 0 unspecified atom stereocenters. The van der Waals surface area contributed by atoms with Gasteiger partial charge in [-0.2, -0.15) is 10.4 Å². The minimum absolute atomic E-state index is 0.258. The fourth-order valence-electron chi connectivity index (χ4n) is 3.28. The molecule has 1 aromatic carbocycles. The Morgan fingerprint density at radius 3 is 2.72 bits per heavy atom. The van der Waals surface area contributed by atoms with Gasteiger partial charge in [-0.05, 0) is 31.9 Å². The Hall–Kier alpha value is -3.12. The van der Waals surface area contributed by atoms with Crippen molar-refractivity contribution in [1.29, 1.82) is 5.26 Å². The fraction of sp³-hybridized carbons (Fsp3) is 0.350. The third-order valence-corrected chi connectivity index (χ3v) is 5.80. The Bertz CT molecular complexity index is 1080. The molecule has 2 N–H and O–H groups in total. The summed E-state index contributed by atoms with van der Waals surface area (Å²) < 4.78 is 3.95. The van der Waals surface area contributed by atoms with E-state index in [1.165, 1.54) is 11.8 Å². The molecule has 8 nitrogen and oxygen atoms in total. The Morgan fingerprint density at radius 2 is 2.07 bits per heavy atom. The van der Waals surface area contributed by atoms with Crippen LogP contribution in [-0.2, 0) is 17.0 Å². The second-order valence-electron chi connectivity index (χ2n) is 7.02. The van der Waals surface area contributed by atoms with Crippen LogP contribution in [-0.4, -0.2) is 30.5 Å². The molecule has 0 aliphatic heterocycles. The number of benzene rings is 1. The van der Waals surface area contributed by atoms with Gasteiger partial charge < -0.3 is 10.3 Å². The van der Waals surface area contributed by atoms with Gasteiger partial charge in [0.15, 0.2) is 5.16 Å². The van der Waals surface area contributed by atoms with Crippen molar-refractivity contribution in [3.63, 3.8) is 0 Å². The van der Waals surface area contributed by atoms with Crippen LogP contribution < -0.4 is 5.73 Å². The topological polar surface area (TPSA) is 115 Å². The zero-order valence-electron chi connectivity index (χ0n) is 16.1. The van der Waals surface area contributed by atoms with Crippen molar-refractivity contribution in [3.8, 4) is 11.8 Å². The number of carbonyl (C=O) groups is 1. The summed E-state index contributed by atoms with van der Waals surface area (Å²) in [6, 6.07) is 12.5. The van der Waals surface area contributed by atoms with Crippen LogP contribution in [0.15, 0.2) is 35.5 Å². The Labute approximate surface area is 172 Å². The Balaban J connectivity index is 1.62. The molecule has 0 atom stereocenters. The lowest BCUT2D eigenvalue weighted by Crippen LogP contribution is -2.13. The van der Waals surface area contributed by atoms with Gasteiger partial charge >= 0.3 is 0 Å². The van der Waals surface area contributed by atoms with Crippen molar-refractivity contribution >= 4 is 17.7 Å². The zero-order valence-corrected chi connectivity index (χ0v) is 16.9. The van der Waals surface area contributed by atoms with Gasteiger partial charge in [-0.3, -0.25) is 4.79 Å². The predicted molar refractivity (Wildman–Crippen MR) is 108 cm³/mol. The number of thioether (sulfide) groups is 1. The molecule has 1 amide bonds. The highest BCUT2D eigenvalue weighted by Crippen LogP contribution is 2.39. The van der Waals surface area contributed by atoms with E-state index in [2.05, 4.69) is 25.9 Å². The van der Waals surface area contributed by atoms with Gasteiger partial charge in [-0.25, -0.2) is 4.68 Å². The van der Waals surface area contributed by atoms with E-state index >= 15 is 0 Å². The van der Waals surface area contributed by atoms with E-state index < -0.39 is 0 Å². The lowest BCUT2D eigenvalue weighted by molar-refractivity contribution is -0.118. The quantitative estimate of drug-likeness (QED) is 0.574. The average molecular weight is 408 g/mol. The van der Waals surface area contributed by atoms with Gasteiger partial charge in [0.2, 0.25) is 5.91 Å². The van der Waals surface area contributed by atoms with Gasteiger partial charge in [0.25, 0.3) is 0 Å². The van der Waals surface area contributed by atoms with Crippen LogP contribution in [0.3, 0.4) is 0 Å². The van der Waals surface area contributed by atoms with Crippen LogP contribution in [0.5, 0.6) is 0 Å². The summed E-state index contributed by atoms with van der Waals surface area (Å²) in [6.07, 6.45) is 2.91. The molecule has 1 fully saturated rings. The van der Waals surface area contributed by atoms with Crippen LogP contribution in [0, 0.1) is 18.3 Å². The largest absolute Gasteiger partial charge is 0.370 e. The molecule has 1 aliphatic rings. The van der Waals surface area contributed by atoms with Crippen molar-refractivity contribution < 1.29 is 4.79 Å². The van der Waals surface area contributed by atoms with E-state index in [4.69, 9.17) is 5.73 Å². The lowest BCUT2D eigenvalue weighted by atomic mass is 10.2. The molecule has 4 rings (SSSR count). The summed E-state index contributed by atoms with van der Waals surface area (Å²) in [5, 5.41) is 23.7. The smallest absolute Gasteiger partial charge is 0.217 e. The minimum atomic E-state index is -0.342. The first kappa shape index (κ1) is 19.2. The van der Waals surface area contributed by atoms with Gasteiger partial charge in [0.05, 0.1) is 22.6 Å². The van der Waals surface area contributed by atoms with E-state index in [0.29, 0.717) is 29.5 Å². The number of hydrogen-bond donors (Lipinski definition) is 1. The number of rotatable bonds is 8. The summed E-state index contributed by atoms with van der Waals surface area (Å²) in [4.78, 5) is 11.2. The number of carbonyl (C=O) groups excluding carboxylic acids is 1.